The molecule has 1 aromatic carbocycles. The van der Waals surface area contributed by atoms with Gasteiger partial charge in [0.2, 0.25) is 0 Å². The van der Waals surface area contributed by atoms with Crippen LogP contribution in [0.25, 0.3) is 0 Å². The summed E-state index contributed by atoms with van der Waals surface area (Å²) in [7, 11) is 0. The Morgan fingerprint density at radius 1 is 1.44 bits per heavy atom. The number of amides is 3. The van der Waals surface area contributed by atoms with Gasteiger partial charge in [0.15, 0.2) is 6.61 Å². The van der Waals surface area contributed by atoms with Crippen LogP contribution in [-0.2, 0) is 4.79 Å². The molecule has 2 rings (SSSR count). The van der Waals surface area contributed by atoms with E-state index >= 15 is 0 Å². The lowest BCUT2D eigenvalue weighted by molar-refractivity contribution is -0.118. The van der Waals surface area contributed by atoms with Gasteiger partial charge in [0.25, 0.3) is 5.91 Å². The van der Waals surface area contributed by atoms with Crippen molar-refractivity contribution in [3.8, 4) is 5.75 Å². The minimum absolute atomic E-state index is 0.00531. The molecular weight excluding hydrogens is 234 g/mol. The molecule has 18 heavy (non-hydrogen) atoms. The van der Waals surface area contributed by atoms with Gasteiger partial charge in [-0.1, -0.05) is 0 Å². The number of carbonyl (C=O) groups excluding carboxylic acids is 2. The van der Waals surface area contributed by atoms with Gasteiger partial charge in [0.05, 0.1) is 5.69 Å². The maximum absolute atomic E-state index is 11.5. The highest BCUT2D eigenvalue weighted by Crippen LogP contribution is 2.30. The van der Waals surface area contributed by atoms with Crippen molar-refractivity contribution in [3.63, 3.8) is 0 Å². The van der Waals surface area contributed by atoms with Crippen LogP contribution in [0.4, 0.5) is 16.2 Å². The zero-order valence-corrected chi connectivity index (χ0v) is 10.2. The molecule has 0 atom stereocenters. The van der Waals surface area contributed by atoms with E-state index in [4.69, 9.17) is 4.74 Å². The standard InChI is InChI=1S/C12H15N3O3/c1-7(2)13-12(17)14-8-3-4-9-10(5-8)18-6-11(16)15-9/h3-5,7H,6H2,1-2H3,(H,15,16)(H2,13,14,17). The van der Waals surface area contributed by atoms with Gasteiger partial charge >= 0.3 is 6.03 Å². The molecule has 1 heterocycles. The van der Waals surface area contributed by atoms with Gasteiger partial charge in [-0.15, -0.1) is 0 Å². The number of hydrogen-bond acceptors (Lipinski definition) is 3. The summed E-state index contributed by atoms with van der Waals surface area (Å²) in [6, 6.07) is 4.86. The molecule has 1 aliphatic rings. The van der Waals surface area contributed by atoms with E-state index in [0.29, 0.717) is 17.1 Å². The molecule has 0 unspecified atom stereocenters. The number of nitrogens with one attached hydrogen (secondary N) is 3. The van der Waals surface area contributed by atoms with E-state index < -0.39 is 0 Å². The number of urea groups is 1. The van der Waals surface area contributed by atoms with Gasteiger partial charge in [-0.05, 0) is 26.0 Å². The molecule has 0 bridgehead atoms. The highest BCUT2D eigenvalue weighted by molar-refractivity contribution is 5.96. The molecule has 6 nitrogen and oxygen atoms in total. The second-order valence-corrected chi connectivity index (χ2v) is 4.30. The fourth-order valence-corrected chi connectivity index (χ4v) is 1.58. The van der Waals surface area contributed by atoms with Gasteiger partial charge in [0, 0.05) is 17.8 Å². The molecule has 0 saturated carbocycles. The lowest BCUT2D eigenvalue weighted by Crippen LogP contribution is -2.34. The van der Waals surface area contributed by atoms with Gasteiger partial charge in [-0.3, -0.25) is 4.79 Å². The van der Waals surface area contributed by atoms with Crippen LogP contribution in [0.1, 0.15) is 13.8 Å². The molecule has 0 saturated heterocycles. The topological polar surface area (TPSA) is 79.5 Å². The number of carbonyl (C=O) groups is 2. The fourth-order valence-electron chi connectivity index (χ4n) is 1.58. The summed E-state index contributed by atoms with van der Waals surface area (Å²) in [5.41, 5.74) is 1.23. The van der Waals surface area contributed by atoms with Crippen molar-refractivity contribution in [2.75, 3.05) is 17.2 Å². The summed E-state index contributed by atoms with van der Waals surface area (Å²) in [6.07, 6.45) is 0. The molecule has 0 fully saturated rings. The molecule has 1 aliphatic heterocycles. The molecule has 6 heteroatoms. The van der Waals surface area contributed by atoms with Crippen LogP contribution in [0.3, 0.4) is 0 Å². The Hall–Kier alpha value is -2.24. The van der Waals surface area contributed by atoms with Crippen LogP contribution >= 0.6 is 0 Å². The predicted octanol–water partition coefficient (Wildman–Crippen LogP) is 1.55. The Morgan fingerprint density at radius 2 is 2.22 bits per heavy atom. The third-order valence-corrected chi connectivity index (χ3v) is 2.29. The lowest BCUT2D eigenvalue weighted by Gasteiger charge is -2.19. The Bertz CT molecular complexity index is 485. The van der Waals surface area contributed by atoms with E-state index in [1.165, 1.54) is 0 Å². The summed E-state index contributed by atoms with van der Waals surface area (Å²) in [5, 5.41) is 8.09. The number of rotatable bonds is 2. The van der Waals surface area contributed by atoms with E-state index in [0.717, 1.165) is 0 Å². The number of ether oxygens (including phenoxy) is 1. The van der Waals surface area contributed by atoms with Crippen LogP contribution in [0.5, 0.6) is 5.75 Å². The second kappa shape index (κ2) is 4.95. The Balaban J connectivity index is 2.07. The van der Waals surface area contributed by atoms with Crippen molar-refractivity contribution in [3.05, 3.63) is 18.2 Å². The summed E-state index contributed by atoms with van der Waals surface area (Å²) >= 11 is 0. The minimum atomic E-state index is -0.273. The van der Waals surface area contributed by atoms with Crippen molar-refractivity contribution >= 4 is 23.3 Å². The first kappa shape index (κ1) is 12.2. The largest absolute Gasteiger partial charge is 0.482 e. The lowest BCUT2D eigenvalue weighted by atomic mass is 10.2. The van der Waals surface area contributed by atoms with Crippen molar-refractivity contribution in [1.29, 1.82) is 0 Å². The van der Waals surface area contributed by atoms with E-state index in [2.05, 4.69) is 16.0 Å². The molecule has 0 radical (unpaired) electrons. The smallest absolute Gasteiger partial charge is 0.319 e. The maximum atomic E-state index is 11.5. The number of fused-ring (bicyclic) bond motifs is 1. The third-order valence-electron chi connectivity index (χ3n) is 2.29. The first-order valence-electron chi connectivity index (χ1n) is 5.69. The molecule has 0 aliphatic carbocycles. The van der Waals surface area contributed by atoms with Gasteiger partial charge in [-0.25, -0.2) is 4.79 Å². The van der Waals surface area contributed by atoms with Crippen LogP contribution in [0.15, 0.2) is 18.2 Å². The average Bonchev–Trinajstić information content (AvgIpc) is 2.28. The van der Waals surface area contributed by atoms with Crippen LogP contribution in [-0.4, -0.2) is 24.6 Å². The van der Waals surface area contributed by atoms with Crippen molar-refractivity contribution < 1.29 is 14.3 Å². The molecular formula is C12H15N3O3. The van der Waals surface area contributed by atoms with Crippen LogP contribution < -0.4 is 20.7 Å². The summed E-state index contributed by atoms with van der Waals surface area (Å²) in [4.78, 5) is 22.6. The monoisotopic (exact) mass is 249 g/mol. The molecule has 0 aromatic heterocycles. The highest BCUT2D eigenvalue weighted by Gasteiger charge is 2.16. The van der Waals surface area contributed by atoms with Crippen molar-refractivity contribution in [2.24, 2.45) is 0 Å². The fraction of sp³-hybridized carbons (Fsp3) is 0.333. The van der Waals surface area contributed by atoms with Gasteiger partial charge in [-0.2, -0.15) is 0 Å². The average molecular weight is 249 g/mol. The third kappa shape index (κ3) is 2.91. The van der Waals surface area contributed by atoms with E-state index in [-0.39, 0.29) is 24.6 Å². The zero-order chi connectivity index (χ0) is 13.1. The quantitative estimate of drug-likeness (QED) is 0.744. The van der Waals surface area contributed by atoms with Gasteiger partial charge < -0.3 is 20.7 Å². The summed E-state index contributed by atoms with van der Waals surface area (Å²) in [6.45, 7) is 3.75. The van der Waals surface area contributed by atoms with Crippen LogP contribution in [0.2, 0.25) is 0 Å². The SMILES string of the molecule is CC(C)NC(=O)Nc1ccc2c(c1)OCC(=O)N2. The Labute approximate surface area is 105 Å². The second-order valence-electron chi connectivity index (χ2n) is 4.30. The van der Waals surface area contributed by atoms with E-state index in [1.54, 1.807) is 18.2 Å². The number of hydrogen-bond donors (Lipinski definition) is 3. The van der Waals surface area contributed by atoms with E-state index in [9.17, 15) is 9.59 Å². The number of benzene rings is 1. The Kier molecular flexibility index (Phi) is 3.36. The van der Waals surface area contributed by atoms with Crippen molar-refractivity contribution in [2.45, 2.75) is 19.9 Å². The first-order valence-corrected chi connectivity index (χ1v) is 5.69. The molecule has 3 N–H and O–H groups in total. The molecule has 0 spiro atoms. The molecule has 96 valence electrons. The van der Waals surface area contributed by atoms with Gasteiger partial charge in [0.1, 0.15) is 5.75 Å². The molecule has 3 amide bonds. The van der Waals surface area contributed by atoms with Crippen molar-refractivity contribution in [1.82, 2.24) is 5.32 Å². The predicted molar refractivity (Wildman–Crippen MR) is 67.9 cm³/mol. The Morgan fingerprint density at radius 3 is 2.94 bits per heavy atom. The normalized spacial score (nSPS) is 13.4. The summed E-state index contributed by atoms with van der Waals surface area (Å²) < 4.78 is 5.26. The summed E-state index contributed by atoms with van der Waals surface area (Å²) in [5.74, 6) is 0.373. The first-order chi connectivity index (χ1) is 8.54. The number of anilines is 2. The van der Waals surface area contributed by atoms with E-state index in [1.807, 2.05) is 13.8 Å². The minimum Gasteiger partial charge on any atom is -0.482 e. The van der Waals surface area contributed by atoms with Crippen LogP contribution in [0, 0.1) is 0 Å². The molecule has 1 aromatic rings. The highest BCUT2D eigenvalue weighted by atomic mass is 16.5. The maximum Gasteiger partial charge on any atom is 0.319 e. The zero-order valence-electron chi connectivity index (χ0n) is 10.2.